The van der Waals surface area contributed by atoms with Crippen molar-refractivity contribution in [3.8, 4) is 17.0 Å². The molecule has 4 aromatic rings. The number of anilines is 1. The first-order chi connectivity index (χ1) is 16.2. The van der Waals surface area contributed by atoms with Crippen LogP contribution in [0.4, 0.5) is 18.9 Å². The smallest absolute Gasteiger partial charge is 0.452 e. The lowest BCUT2D eigenvalue weighted by Crippen LogP contribution is -2.21. The molecule has 2 aromatic heterocycles. The maximum atomic E-state index is 12.8. The van der Waals surface area contributed by atoms with E-state index in [1.807, 2.05) is 30.3 Å². The van der Waals surface area contributed by atoms with Crippen molar-refractivity contribution in [2.45, 2.75) is 13.3 Å². The molecule has 8 nitrogen and oxygen atoms in total. The van der Waals surface area contributed by atoms with E-state index in [0.29, 0.717) is 16.8 Å². The predicted molar refractivity (Wildman–Crippen MR) is 114 cm³/mol. The number of hydrogen-bond acceptors (Lipinski definition) is 7. The van der Waals surface area contributed by atoms with Crippen molar-refractivity contribution in [2.75, 3.05) is 11.9 Å². The van der Waals surface area contributed by atoms with Gasteiger partial charge in [-0.05, 0) is 37.3 Å². The molecule has 0 aliphatic heterocycles. The number of rotatable bonds is 6. The second kappa shape index (κ2) is 9.22. The fourth-order valence-corrected chi connectivity index (χ4v) is 3.16. The van der Waals surface area contributed by atoms with Gasteiger partial charge in [0.05, 0.1) is 22.3 Å². The van der Waals surface area contributed by atoms with Crippen LogP contribution in [0.2, 0.25) is 0 Å². The average Bonchev–Trinajstić information content (AvgIpc) is 3.18. The number of alkyl halides is 3. The lowest BCUT2D eigenvalue weighted by molar-refractivity contribution is -0.274. The van der Waals surface area contributed by atoms with Gasteiger partial charge in [-0.2, -0.15) is 0 Å². The Labute approximate surface area is 190 Å². The molecule has 0 unspecified atom stereocenters. The van der Waals surface area contributed by atoms with Crippen LogP contribution in [-0.2, 0) is 9.53 Å². The topological polar surface area (TPSA) is 104 Å². The van der Waals surface area contributed by atoms with E-state index in [-0.39, 0.29) is 17.0 Å². The number of halogens is 3. The number of aryl methyl sites for hydroxylation is 1. The zero-order valence-electron chi connectivity index (χ0n) is 17.6. The van der Waals surface area contributed by atoms with Gasteiger partial charge in [-0.15, -0.1) is 13.2 Å². The summed E-state index contributed by atoms with van der Waals surface area (Å²) < 4.78 is 50.9. The van der Waals surface area contributed by atoms with E-state index in [2.05, 4.69) is 20.2 Å². The molecule has 174 valence electrons. The molecule has 1 amide bonds. The van der Waals surface area contributed by atoms with Crippen molar-refractivity contribution < 1.29 is 36.8 Å². The lowest BCUT2D eigenvalue weighted by atomic mass is 10.1. The number of nitrogens with one attached hydrogen (secondary N) is 1. The van der Waals surface area contributed by atoms with Crippen molar-refractivity contribution in [3.63, 3.8) is 0 Å². The molecule has 0 radical (unpaired) electrons. The third-order valence-electron chi connectivity index (χ3n) is 4.61. The normalized spacial score (nSPS) is 11.3. The summed E-state index contributed by atoms with van der Waals surface area (Å²) in [6.45, 7) is 1.01. The molecule has 1 N–H and O–H groups in total. The van der Waals surface area contributed by atoms with Crippen LogP contribution < -0.4 is 10.1 Å². The number of carbonyl (C=O) groups is 2. The fourth-order valence-electron chi connectivity index (χ4n) is 3.16. The van der Waals surface area contributed by atoms with Crippen molar-refractivity contribution >= 4 is 28.7 Å². The second-order valence-electron chi connectivity index (χ2n) is 7.07. The Morgan fingerprint density at radius 2 is 1.76 bits per heavy atom. The molecule has 11 heteroatoms. The van der Waals surface area contributed by atoms with Gasteiger partial charge in [0.25, 0.3) is 11.6 Å². The van der Waals surface area contributed by atoms with Gasteiger partial charge >= 0.3 is 12.3 Å². The minimum atomic E-state index is -4.82. The third-order valence-corrected chi connectivity index (χ3v) is 4.61. The van der Waals surface area contributed by atoms with Gasteiger partial charge in [0.1, 0.15) is 5.75 Å². The Morgan fingerprint density at radius 3 is 2.44 bits per heavy atom. The van der Waals surface area contributed by atoms with E-state index in [9.17, 15) is 22.8 Å². The van der Waals surface area contributed by atoms with Crippen LogP contribution >= 0.6 is 0 Å². The number of carbonyl (C=O) groups excluding carboxylic acids is 2. The summed E-state index contributed by atoms with van der Waals surface area (Å²) in [7, 11) is 0. The van der Waals surface area contributed by atoms with Crippen LogP contribution in [-0.4, -0.2) is 35.0 Å². The monoisotopic (exact) mass is 471 g/mol. The van der Waals surface area contributed by atoms with Gasteiger partial charge in [-0.1, -0.05) is 35.5 Å². The molecule has 0 fully saturated rings. The van der Waals surface area contributed by atoms with Crippen LogP contribution in [0.15, 0.2) is 65.2 Å². The molecular weight excluding hydrogens is 455 g/mol. The van der Waals surface area contributed by atoms with Gasteiger partial charge in [0.2, 0.25) is 0 Å². The first kappa shape index (κ1) is 22.8. The Kier molecular flexibility index (Phi) is 6.17. The van der Waals surface area contributed by atoms with Crippen LogP contribution in [0.1, 0.15) is 16.1 Å². The number of ether oxygens (including phenoxy) is 2. The molecule has 2 aromatic carbocycles. The van der Waals surface area contributed by atoms with Crippen LogP contribution in [0, 0.1) is 6.92 Å². The second-order valence-corrected chi connectivity index (χ2v) is 7.07. The van der Waals surface area contributed by atoms with Crippen molar-refractivity contribution in [2.24, 2.45) is 0 Å². The summed E-state index contributed by atoms with van der Waals surface area (Å²) in [5.74, 6) is -1.91. The number of nitrogens with zero attached hydrogens (tertiary/aromatic N) is 2. The lowest BCUT2D eigenvalue weighted by Gasteiger charge is -2.10. The van der Waals surface area contributed by atoms with E-state index >= 15 is 0 Å². The molecular formula is C23H16F3N3O5. The summed E-state index contributed by atoms with van der Waals surface area (Å²) in [5.41, 5.74) is 2.10. The van der Waals surface area contributed by atoms with Crippen molar-refractivity contribution in [1.82, 2.24) is 10.1 Å². The molecule has 0 aliphatic carbocycles. The van der Waals surface area contributed by atoms with Gasteiger partial charge in [-0.3, -0.25) is 4.79 Å². The fraction of sp³-hybridized carbons (Fsp3) is 0.130. The van der Waals surface area contributed by atoms with Crippen LogP contribution in [0.25, 0.3) is 22.4 Å². The van der Waals surface area contributed by atoms with E-state index in [0.717, 1.165) is 17.7 Å². The quantitative estimate of drug-likeness (QED) is 0.399. The predicted octanol–water partition coefficient (Wildman–Crippen LogP) is 4.89. The van der Waals surface area contributed by atoms with Gasteiger partial charge in [0, 0.05) is 11.3 Å². The van der Waals surface area contributed by atoms with Crippen LogP contribution in [0.5, 0.6) is 5.75 Å². The number of aromatic nitrogens is 2. The summed E-state index contributed by atoms with van der Waals surface area (Å²) in [6, 6.07) is 15.2. The van der Waals surface area contributed by atoms with Crippen molar-refractivity contribution in [1.29, 1.82) is 0 Å². The highest BCUT2D eigenvalue weighted by Crippen LogP contribution is 2.28. The molecule has 0 aliphatic rings. The number of pyridine rings is 1. The highest BCUT2D eigenvalue weighted by Gasteiger charge is 2.31. The van der Waals surface area contributed by atoms with E-state index in [1.165, 1.54) is 18.2 Å². The molecule has 0 saturated heterocycles. The maximum Gasteiger partial charge on any atom is 0.573 e. The molecule has 4 rings (SSSR count). The Morgan fingerprint density at radius 1 is 1.06 bits per heavy atom. The SMILES string of the molecule is Cc1noc2nc(-c3ccccc3)cc(C(=O)OCC(=O)Nc3ccc(OC(F)(F)F)cc3)c12. The molecule has 0 bridgehead atoms. The Bertz CT molecular complexity index is 1340. The number of fused-ring (bicyclic) bond motifs is 1. The van der Waals surface area contributed by atoms with Gasteiger partial charge < -0.3 is 19.3 Å². The largest absolute Gasteiger partial charge is 0.573 e. The Balaban J connectivity index is 1.46. The zero-order chi connectivity index (χ0) is 24.3. The average molecular weight is 471 g/mol. The summed E-state index contributed by atoms with van der Waals surface area (Å²) in [4.78, 5) is 29.4. The molecule has 2 heterocycles. The van der Waals surface area contributed by atoms with E-state index < -0.39 is 30.6 Å². The molecule has 0 atom stereocenters. The molecule has 34 heavy (non-hydrogen) atoms. The Hall–Kier alpha value is -4.41. The van der Waals surface area contributed by atoms with E-state index in [4.69, 9.17) is 9.26 Å². The summed E-state index contributed by atoms with van der Waals surface area (Å²) >= 11 is 0. The highest BCUT2D eigenvalue weighted by molar-refractivity contribution is 6.05. The number of hydrogen-bond donors (Lipinski definition) is 1. The minimum absolute atomic E-state index is 0.129. The number of benzene rings is 2. The third kappa shape index (κ3) is 5.31. The molecule has 0 spiro atoms. The first-order valence-corrected chi connectivity index (χ1v) is 9.85. The first-order valence-electron chi connectivity index (χ1n) is 9.85. The number of amides is 1. The standard InChI is InChI=1S/C23H16F3N3O5/c1-13-20-17(11-18(28-21(20)34-29-13)14-5-3-2-4-6-14)22(31)32-12-19(30)27-15-7-9-16(10-8-15)33-23(24,25)26/h2-11H,12H2,1H3,(H,27,30). The van der Waals surface area contributed by atoms with Gasteiger partial charge in [-0.25, -0.2) is 9.78 Å². The minimum Gasteiger partial charge on any atom is -0.452 e. The van der Waals surface area contributed by atoms with Crippen LogP contribution in [0.3, 0.4) is 0 Å². The summed E-state index contributed by atoms with van der Waals surface area (Å²) in [6.07, 6.45) is -4.82. The van der Waals surface area contributed by atoms with Gasteiger partial charge in [0.15, 0.2) is 6.61 Å². The van der Waals surface area contributed by atoms with E-state index in [1.54, 1.807) is 6.92 Å². The maximum absolute atomic E-state index is 12.8. The molecule has 0 saturated carbocycles. The zero-order valence-corrected chi connectivity index (χ0v) is 17.6. The van der Waals surface area contributed by atoms with Crippen molar-refractivity contribution in [3.05, 3.63) is 71.9 Å². The number of esters is 1. The summed E-state index contributed by atoms with van der Waals surface area (Å²) in [5, 5.41) is 6.64. The highest BCUT2D eigenvalue weighted by atomic mass is 19.4.